The van der Waals surface area contributed by atoms with Crippen LogP contribution in [0.3, 0.4) is 0 Å². The van der Waals surface area contributed by atoms with Gasteiger partial charge in [-0.3, -0.25) is 9.36 Å². The highest BCUT2D eigenvalue weighted by atomic mass is 16.1. The zero-order valence-electron chi connectivity index (χ0n) is 6.53. The minimum atomic E-state index is -0.115. The van der Waals surface area contributed by atoms with Gasteiger partial charge >= 0.3 is 0 Å². The molecule has 0 aliphatic carbocycles. The average molecular weight is 154 g/mol. The first kappa shape index (κ1) is 7.87. The molecule has 0 amide bonds. The second-order valence-corrected chi connectivity index (χ2v) is 2.24. The zero-order chi connectivity index (χ0) is 8.43. The molecule has 0 atom stereocenters. The van der Waals surface area contributed by atoms with Crippen LogP contribution in [0.1, 0.15) is 23.4 Å². The Morgan fingerprint density at radius 3 is 2.64 bits per heavy atom. The van der Waals surface area contributed by atoms with E-state index < -0.39 is 0 Å². The number of nitrogens with two attached hydrogens (primary N) is 1. The van der Waals surface area contributed by atoms with Crippen LogP contribution in [0.2, 0.25) is 0 Å². The van der Waals surface area contributed by atoms with E-state index in [4.69, 9.17) is 5.73 Å². The lowest BCUT2D eigenvalue weighted by molar-refractivity contribution is 0.0999. The van der Waals surface area contributed by atoms with Crippen LogP contribution in [0.25, 0.3) is 0 Å². The quantitative estimate of drug-likeness (QED) is 0.594. The summed E-state index contributed by atoms with van der Waals surface area (Å²) in [5.74, 6) is 0.874. The second-order valence-electron chi connectivity index (χ2n) is 2.24. The Morgan fingerprint density at radius 2 is 2.27 bits per heavy atom. The van der Waals surface area contributed by atoms with E-state index in [1.807, 2.05) is 0 Å². The van der Waals surface area contributed by atoms with Crippen molar-refractivity contribution in [3.05, 3.63) is 11.6 Å². The molecular formula is C6H10N4O. The molecule has 1 heterocycles. The minimum absolute atomic E-state index is 0.115. The predicted molar refractivity (Wildman–Crippen MR) is 39.0 cm³/mol. The number of aryl methyl sites for hydroxylation is 1. The summed E-state index contributed by atoms with van der Waals surface area (Å²) in [6.07, 6.45) is 0. The lowest BCUT2D eigenvalue weighted by Gasteiger charge is -2.00. The molecule has 60 valence electrons. The van der Waals surface area contributed by atoms with Crippen LogP contribution >= 0.6 is 0 Å². The molecule has 0 saturated heterocycles. The first-order valence-corrected chi connectivity index (χ1v) is 3.27. The smallest absolute Gasteiger partial charge is 0.200 e. The number of carbonyl (C=O) groups excluding carboxylic acids is 1. The molecular weight excluding hydrogens is 144 g/mol. The Morgan fingerprint density at radius 1 is 1.64 bits per heavy atom. The third-order valence-corrected chi connectivity index (χ3v) is 1.43. The van der Waals surface area contributed by atoms with Crippen molar-refractivity contribution in [2.75, 3.05) is 0 Å². The number of hydrogen-bond acceptors (Lipinski definition) is 4. The molecule has 1 rings (SSSR count). The summed E-state index contributed by atoms with van der Waals surface area (Å²) >= 11 is 0. The van der Waals surface area contributed by atoms with Gasteiger partial charge in [-0.25, -0.2) is 0 Å². The maximum atomic E-state index is 10.9. The van der Waals surface area contributed by atoms with E-state index in [1.165, 1.54) is 6.92 Å². The number of Topliss-reactive ketones (excluding diaryl/α,β-unsaturated/α-hetero) is 1. The fourth-order valence-electron chi connectivity index (χ4n) is 0.860. The third kappa shape index (κ3) is 1.27. The fraction of sp³-hybridized carbons (Fsp3) is 0.500. The highest BCUT2D eigenvalue weighted by Crippen LogP contribution is 1.99. The van der Waals surface area contributed by atoms with E-state index >= 15 is 0 Å². The number of nitrogens with zero attached hydrogens (tertiary/aromatic N) is 3. The normalized spacial score (nSPS) is 10.1. The summed E-state index contributed by atoms with van der Waals surface area (Å²) < 4.78 is 1.57. The first-order chi connectivity index (χ1) is 5.16. The molecule has 0 saturated carbocycles. The molecule has 2 N–H and O–H groups in total. The molecule has 1 aromatic heterocycles. The summed E-state index contributed by atoms with van der Waals surface area (Å²) in [6, 6.07) is 0. The lowest BCUT2D eigenvalue weighted by atomic mass is 10.4. The molecule has 1 aromatic rings. The van der Waals surface area contributed by atoms with Gasteiger partial charge in [0.05, 0.1) is 6.67 Å². The Bertz CT molecular complexity index is 278. The maximum Gasteiger partial charge on any atom is 0.200 e. The monoisotopic (exact) mass is 154 g/mol. The van der Waals surface area contributed by atoms with Crippen molar-refractivity contribution in [3.8, 4) is 0 Å². The molecule has 0 bridgehead atoms. The number of ketones is 1. The largest absolute Gasteiger partial charge is 0.313 e. The Hall–Kier alpha value is -1.23. The van der Waals surface area contributed by atoms with Gasteiger partial charge in [0.1, 0.15) is 5.82 Å². The number of aromatic nitrogens is 3. The number of carbonyl (C=O) groups is 1. The van der Waals surface area contributed by atoms with Crippen molar-refractivity contribution in [2.45, 2.75) is 20.5 Å². The van der Waals surface area contributed by atoms with Crippen LogP contribution in [-0.4, -0.2) is 20.5 Å². The van der Waals surface area contributed by atoms with Crippen LogP contribution in [0.15, 0.2) is 0 Å². The van der Waals surface area contributed by atoms with Gasteiger partial charge in [-0.15, -0.1) is 10.2 Å². The molecule has 0 aromatic carbocycles. The van der Waals surface area contributed by atoms with E-state index in [-0.39, 0.29) is 12.5 Å². The van der Waals surface area contributed by atoms with Gasteiger partial charge in [-0.1, -0.05) is 0 Å². The van der Waals surface area contributed by atoms with Crippen LogP contribution in [0.5, 0.6) is 0 Å². The topological polar surface area (TPSA) is 73.8 Å². The highest BCUT2D eigenvalue weighted by molar-refractivity contribution is 5.90. The van der Waals surface area contributed by atoms with E-state index in [0.29, 0.717) is 11.6 Å². The molecule has 5 heteroatoms. The summed E-state index contributed by atoms with van der Waals surface area (Å²) in [5.41, 5.74) is 5.36. The molecule has 0 radical (unpaired) electrons. The summed E-state index contributed by atoms with van der Waals surface area (Å²) in [7, 11) is 0. The summed E-state index contributed by atoms with van der Waals surface area (Å²) in [6.45, 7) is 3.44. The standard InChI is InChI=1S/C6H10N4O/c1-4(11)6-9-8-5(2)10(6)3-7/h3,7H2,1-2H3. The number of hydrogen-bond donors (Lipinski definition) is 1. The van der Waals surface area contributed by atoms with Gasteiger partial charge in [-0.2, -0.15) is 0 Å². The van der Waals surface area contributed by atoms with Crippen molar-refractivity contribution in [2.24, 2.45) is 5.73 Å². The van der Waals surface area contributed by atoms with Crippen LogP contribution in [-0.2, 0) is 6.67 Å². The molecule has 0 spiro atoms. The Balaban J connectivity index is 3.15. The molecule has 11 heavy (non-hydrogen) atoms. The number of rotatable bonds is 2. The van der Waals surface area contributed by atoms with Gasteiger partial charge in [0.25, 0.3) is 0 Å². The SMILES string of the molecule is CC(=O)c1nnc(C)n1CN. The average Bonchev–Trinajstić information content (AvgIpc) is 2.30. The van der Waals surface area contributed by atoms with Gasteiger partial charge in [0.2, 0.25) is 5.82 Å². The van der Waals surface area contributed by atoms with Gasteiger partial charge < -0.3 is 5.73 Å². The summed E-state index contributed by atoms with van der Waals surface area (Å²) in [5, 5.41) is 7.39. The van der Waals surface area contributed by atoms with E-state index in [9.17, 15) is 4.79 Å². The molecule has 5 nitrogen and oxygen atoms in total. The lowest BCUT2D eigenvalue weighted by Crippen LogP contribution is -2.14. The van der Waals surface area contributed by atoms with E-state index in [2.05, 4.69) is 10.2 Å². The van der Waals surface area contributed by atoms with Crippen LogP contribution in [0.4, 0.5) is 0 Å². The molecule has 0 aliphatic rings. The second kappa shape index (κ2) is 2.79. The Kier molecular flexibility index (Phi) is 2.00. The van der Waals surface area contributed by atoms with Crippen LogP contribution in [0, 0.1) is 6.92 Å². The highest BCUT2D eigenvalue weighted by Gasteiger charge is 2.10. The van der Waals surface area contributed by atoms with Crippen molar-refractivity contribution in [3.63, 3.8) is 0 Å². The molecule has 0 aliphatic heterocycles. The predicted octanol–water partition coefficient (Wildman–Crippen LogP) is -0.295. The van der Waals surface area contributed by atoms with Gasteiger partial charge in [0, 0.05) is 6.92 Å². The van der Waals surface area contributed by atoms with Gasteiger partial charge in [0.15, 0.2) is 5.78 Å². The van der Waals surface area contributed by atoms with Crippen molar-refractivity contribution in [1.29, 1.82) is 0 Å². The van der Waals surface area contributed by atoms with Crippen molar-refractivity contribution >= 4 is 5.78 Å². The van der Waals surface area contributed by atoms with E-state index in [1.54, 1.807) is 11.5 Å². The summed E-state index contributed by atoms with van der Waals surface area (Å²) in [4.78, 5) is 10.9. The zero-order valence-corrected chi connectivity index (χ0v) is 6.53. The molecule has 0 unspecified atom stereocenters. The maximum absolute atomic E-state index is 10.9. The fourth-order valence-corrected chi connectivity index (χ4v) is 0.860. The van der Waals surface area contributed by atoms with Crippen molar-refractivity contribution in [1.82, 2.24) is 14.8 Å². The molecule has 0 fully saturated rings. The third-order valence-electron chi connectivity index (χ3n) is 1.43. The minimum Gasteiger partial charge on any atom is -0.313 e. The van der Waals surface area contributed by atoms with E-state index in [0.717, 1.165) is 0 Å². The van der Waals surface area contributed by atoms with Crippen molar-refractivity contribution < 1.29 is 4.79 Å². The Labute approximate surface area is 64.2 Å². The first-order valence-electron chi connectivity index (χ1n) is 3.27. The van der Waals surface area contributed by atoms with Gasteiger partial charge in [-0.05, 0) is 6.92 Å². The van der Waals surface area contributed by atoms with Crippen LogP contribution < -0.4 is 5.73 Å².